The van der Waals surface area contributed by atoms with Crippen LogP contribution >= 0.6 is 22.7 Å². The zero-order valence-electron chi connectivity index (χ0n) is 9.50. The Bertz CT molecular complexity index is 432. The highest BCUT2D eigenvalue weighted by Crippen LogP contribution is 2.39. The van der Waals surface area contributed by atoms with Crippen LogP contribution in [0.3, 0.4) is 0 Å². The lowest BCUT2D eigenvalue weighted by molar-refractivity contribution is 0.475. The van der Waals surface area contributed by atoms with Gasteiger partial charge in [-0.15, -0.1) is 21.5 Å². The summed E-state index contributed by atoms with van der Waals surface area (Å²) in [5.41, 5.74) is 1.78. The standard InChI is InChI=1S/C12H15N3S2/c1-2-5-9(4-1)11(10-6-3-7-16-10)14-12-15-13-8-17-12/h3,6-9,11H,1-2,4-5H2,(H,14,15). The van der Waals surface area contributed by atoms with Crippen LogP contribution in [0.1, 0.15) is 36.6 Å². The van der Waals surface area contributed by atoms with Crippen LogP contribution in [0, 0.1) is 5.92 Å². The Balaban J connectivity index is 1.80. The molecule has 0 aromatic carbocycles. The van der Waals surface area contributed by atoms with Crippen LogP contribution in [-0.4, -0.2) is 10.2 Å². The molecule has 0 saturated heterocycles. The molecule has 0 bridgehead atoms. The van der Waals surface area contributed by atoms with Crippen molar-refractivity contribution in [3.05, 3.63) is 27.9 Å². The van der Waals surface area contributed by atoms with Gasteiger partial charge in [-0.3, -0.25) is 0 Å². The van der Waals surface area contributed by atoms with Crippen LogP contribution in [0.15, 0.2) is 23.0 Å². The monoisotopic (exact) mass is 265 g/mol. The van der Waals surface area contributed by atoms with Crippen LogP contribution < -0.4 is 5.32 Å². The maximum Gasteiger partial charge on any atom is 0.205 e. The molecular formula is C12H15N3S2. The Morgan fingerprint density at radius 1 is 1.29 bits per heavy atom. The van der Waals surface area contributed by atoms with Crippen molar-refractivity contribution < 1.29 is 0 Å². The molecule has 3 nitrogen and oxygen atoms in total. The highest BCUT2D eigenvalue weighted by Gasteiger charge is 2.27. The lowest BCUT2D eigenvalue weighted by atomic mass is 9.97. The van der Waals surface area contributed by atoms with Gasteiger partial charge in [0, 0.05) is 4.88 Å². The molecule has 3 rings (SSSR count). The number of hydrogen-bond acceptors (Lipinski definition) is 5. The van der Waals surface area contributed by atoms with E-state index in [1.807, 2.05) is 11.3 Å². The van der Waals surface area contributed by atoms with Gasteiger partial charge in [0.15, 0.2) is 0 Å². The molecule has 0 radical (unpaired) electrons. The molecule has 1 aliphatic rings. The van der Waals surface area contributed by atoms with Gasteiger partial charge in [-0.05, 0) is 30.2 Å². The molecule has 5 heteroatoms. The first-order valence-corrected chi connectivity index (χ1v) is 7.75. The van der Waals surface area contributed by atoms with E-state index in [1.54, 1.807) is 16.8 Å². The average Bonchev–Trinajstić information content (AvgIpc) is 3.09. The summed E-state index contributed by atoms with van der Waals surface area (Å²) in [5.74, 6) is 0.748. The minimum absolute atomic E-state index is 0.422. The third kappa shape index (κ3) is 2.50. The predicted octanol–water partition coefficient (Wildman–Crippen LogP) is 3.94. The SMILES string of the molecule is c1csc(C(Nc2nncs2)C2CCCC2)c1. The fourth-order valence-corrected chi connectivity index (χ4v) is 3.90. The fourth-order valence-electron chi connectivity index (χ4n) is 2.55. The van der Waals surface area contributed by atoms with Gasteiger partial charge in [0.05, 0.1) is 6.04 Å². The molecule has 17 heavy (non-hydrogen) atoms. The van der Waals surface area contributed by atoms with Crippen molar-refractivity contribution in [2.75, 3.05) is 5.32 Å². The minimum atomic E-state index is 0.422. The smallest absolute Gasteiger partial charge is 0.205 e. The number of nitrogens with zero attached hydrogens (tertiary/aromatic N) is 2. The van der Waals surface area contributed by atoms with E-state index in [2.05, 4.69) is 33.0 Å². The van der Waals surface area contributed by atoms with Crippen LogP contribution in [0.2, 0.25) is 0 Å². The van der Waals surface area contributed by atoms with Crippen molar-refractivity contribution in [2.45, 2.75) is 31.7 Å². The number of aromatic nitrogens is 2. The Morgan fingerprint density at radius 3 is 2.82 bits per heavy atom. The van der Waals surface area contributed by atoms with Gasteiger partial charge in [-0.2, -0.15) is 0 Å². The molecule has 2 heterocycles. The molecule has 90 valence electrons. The molecule has 2 aromatic heterocycles. The maximum absolute atomic E-state index is 4.10. The predicted molar refractivity (Wildman–Crippen MR) is 72.5 cm³/mol. The number of anilines is 1. The fraction of sp³-hybridized carbons (Fsp3) is 0.500. The van der Waals surface area contributed by atoms with Crippen molar-refractivity contribution in [2.24, 2.45) is 5.92 Å². The molecule has 1 fully saturated rings. The van der Waals surface area contributed by atoms with Crippen LogP contribution in [0.25, 0.3) is 0 Å². The number of thiophene rings is 1. The second-order valence-corrected chi connectivity index (χ2v) is 6.24. The van der Waals surface area contributed by atoms with Gasteiger partial charge in [-0.25, -0.2) is 0 Å². The normalized spacial score (nSPS) is 18.4. The Hall–Kier alpha value is -0.940. The summed E-state index contributed by atoms with van der Waals surface area (Å²) in [4.78, 5) is 1.42. The summed E-state index contributed by atoms with van der Waals surface area (Å²) in [7, 11) is 0. The molecule has 1 saturated carbocycles. The topological polar surface area (TPSA) is 37.8 Å². The van der Waals surface area contributed by atoms with Gasteiger partial charge < -0.3 is 5.32 Å². The zero-order valence-corrected chi connectivity index (χ0v) is 11.1. The van der Waals surface area contributed by atoms with E-state index in [-0.39, 0.29) is 0 Å². The maximum atomic E-state index is 4.10. The first kappa shape index (κ1) is 11.2. The molecule has 1 unspecified atom stereocenters. The molecule has 0 aliphatic heterocycles. The van der Waals surface area contributed by atoms with Crippen molar-refractivity contribution in [3.63, 3.8) is 0 Å². The Morgan fingerprint density at radius 2 is 2.18 bits per heavy atom. The van der Waals surface area contributed by atoms with Gasteiger partial charge >= 0.3 is 0 Å². The first-order chi connectivity index (χ1) is 8.43. The molecule has 0 spiro atoms. The van der Waals surface area contributed by atoms with Gasteiger partial charge in [0.1, 0.15) is 5.51 Å². The van der Waals surface area contributed by atoms with E-state index < -0.39 is 0 Å². The van der Waals surface area contributed by atoms with E-state index in [0.717, 1.165) is 11.0 Å². The summed E-state index contributed by atoms with van der Waals surface area (Å²) in [6.45, 7) is 0. The lowest BCUT2D eigenvalue weighted by Crippen LogP contribution is -2.17. The van der Waals surface area contributed by atoms with Crippen molar-refractivity contribution in [3.8, 4) is 0 Å². The van der Waals surface area contributed by atoms with Crippen LogP contribution in [0.4, 0.5) is 5.13 Å². The van der Waals surface area contributed by atoms with E-state index >= 15 is 0 Å². The average molecular weight is 265 g/mol. The summed E-state index contributed by atoms with van der Waals surface area (Å²) >= 11 is 3.41. The highest BCUT2D eigenvalue weighted by atomic mass is 32.1. The molecule has 1 N–H and O–H groups in total. The van der Waals surface area contributed by atoms with E-state index in [0.29, 0.717) is 6.04 Å². The van der Waals surface area contributed by atoms with Crippen molar-refractivity contribution >= 4 is 27.8 Å². The first-order valence-electron chi connectivity index (χ1n) is 5.99. The molecule has 2 aromatic rings. The quantitative estimate of drug-likeness (QED) is 0.909. The van der Waals surface area contributed by atoms with Crippen LogP contribution in [-0.2, 0) is 0 Å². The Kier molecular flexibility index (Phi) is 3.38. The number of hydrogen-bond donors (Lipinski definition) is 1. The second kappa shape index (κ2) is 5.14. The van der Waals surface area contributed by atoms with E-state index in [9.17, 15) is 0 Å². The van der Waals surface area contributed by atoms with Crippen molar-refractivity contribution in [1.29, 1.82) is 0 Å². The molecular weight excluding hydrogens is 250 g/mol. The summed E-state index contributed by atoms with van der Waals surface area (Å²) < 4.78 is 0. The second-order valence-electron chi connectivity index (χ2n) is 4.43. The number of nitrogens with one attached hydrogen (secondary N) is 1. The summed E-state index contributed by atoms with van der Waals surface area (Å²) in [6, 6.07) is 4.77. The molecule has 1 aliphatic carbocycles. The summed E-state index contributed by atoms with van der Waals surface area (Å²) in [6.07, 6.45) is 5.39. The van der Waals surface area contributed by atoms with Crippen molar-refractivity contribution in [1.82, 2.24) is 10.2 Å². The number of rotatable bonds is 4. The Labute approximate surface area is 109 Å². The van der Waals surface area contributed by atoms with Gasteiger partial charge in [0.25, 0.3) is 0 Å². The third-order valence-corrected chi connectivity index (χ3v) is 4.94. The third-order valence-electron chi connectivity index (χ3n) is 3.36. The van der Waals surface area contributed by atoms with E-state index in [4.69, 9.17) is 0 Å². The molecule has 1 atom stereocenters. The highest BCUT2D eigenvalue weighted by molar-refractivity contribution is 7.13. The minimum Gasteiger partial charge on any atom is -0.352 e. The lowest BCUT2D eigenvalue weighted by Gasteiger charge is -2.23. The van der Waals surface area contributed by atoms with Gasteiger partial charge in [0.2, 0.25) is 5.13 Å². The van der Waals surface area contributed by atoms with Gasteiger partial charge in [-0.1, -0.05) is 30.2 Å². The van der Waals surface area contributed by atoms with E-state index in [1.165, 1.54) is 30.6 Å². The van der Waals surface area contributed by atoms with Crippen LogP contribution in [0.5, 0.6) is 0 Å². The largest absolute Gasteiger partial charge is 0.352 e. The molecule has 0 amide bonds. The zero-order chi connectivity index (χ0) is 11.5. The summed E-state index contributed by atoms with van der Waals surface area (Å²) in [5, 5.41) is 14.6.